The van der Waals surface area contributed by atoms with Gasteiger partial charge in [-0.05, 0) is 119 Å². The van der Waals surface area contributed by atoms with E-state index >= 15 is 0 Å². The second-order valence-corrected chi connectivity index (χ2v) is 12.2. The van der Waals surface area contributed by atoms with E-state index in [9.17, 15) is 4.11 Å². The lowest BCUT2D eigenvalue weighted by Crippen LogP contribution is -1.92. The Morgan fingerprint density at radius 2 is 0.878 bits per heavy atom. The van der Waals surface area contributed by atoms with Crippen LogP contribution in [0.2, 0.25) is 0 Å². The van der Waals surface area contributed by atoms with Crippen LogP contribution in [-0.2, 0) is 0 Å². The summed E-state index contributed by atoms with van der Waals surface area (Å²) in [5, 5.41) is 7.49. The molecule has 0 fully saturated rings. The SMILES string of the molecule is [2H]c1c([2H])c([2H])c(-c2c([2H])c(-c3ccccc3)c([2H])c(-c3c4ccccc4c(-c4ccc5oc6cc7ccccc7cc6c5c4)c4ccccc34)c2[2H])c([2H])c1[2H]. The van der Waals surface area contributed by atoms with Crippen LogP contribution >= 0.6 is 0 Å². The van der Waals surface area contributed by atoms with E-state index in [1.54, 1.807) is 24.3 Å². The van der Waals surface area contributed by atoms with Crippen molar-refractivity contribution in [3.63, 3.8) is 0 Å². The Balaban J connectivity index is 1.33. The van der Waals surface area contributed by atoms with Crippen LogP contribution in [0, 0.1) is 0 Å². The Morgan fingerprint density at radius 1 is 0.347 bits per heavy atom. The molecule has 0 saturated heterocycles. The Morgan fingerprint density at radius 3 is 1.55 bits per heavy atom. The first-order valence-corrected chi connectivity index (χ1v) is 16.2. The van der Waals surface area contributed by atoms with E-state index in [0.29, 0.717) is 11.1 Å². The smallest absolute Gasteiger partial charge is 0.136 e. The van der Waals surface area contributed by atoms with Gasteiger partial charge in [0.25, 0.3) is 0 Å². The number of benzene rings is 9. The van der Waals surface area contributed by atoms with Crippen molar-refractivity contribution in [2.75, 3.05) is 0 Å². The van der Waals surface area contributed by atoms with Crippen molar-refractivity contribution in [1.29, 1.82) is 0 Å². The maximum atomic E-state index is 9.84. The molecule has 0 spiro atoms. The van der Waals surface area contributed by atoms with Crippen LogP contribution in [0.5, 0.6) is 0 Å². The first-order valence-electron chi connectivity index (χ1n) is 20.2. The van der Waals surface area contributed by atoms with Crippen molar-refractivity contribution in [2.24, 2.45) is 0 Å². The van der Waals surface area contributed by atoms with Gasteiger partial charge in [0, 0.05) is 10.8 Å². The summed E-state index contributed by atoms with van der Waals surface area (Å²) in [6, 6.07) is 40.2. The highest BCUT2D eigenvalue weighted by Crippen LogP contribution is 2.46. The fraction of sp³-hybridized carbons (Fsp3) is 0. The normalized spacial score (nSPS) is 14.0. The molecule has 0 saturated carbocycles. The predicted molar refractivity (Wildman–Crippen MR) is 208 cm³/mol. The van der Waals surface area contributed by atoms with Gasteiger partial charge in [0.2, 0.25) is 0 Å². The van der Waals surface area contributed by atoms with Crippen molar-refractivity contribution in [1.82, 2.24) is 0 Å². The molecule has 10 aromatic rings. The molecule has 1 heteroatoms. The second kappa shape index (κ2) is 11.1. The zero-order chi connectivity index (χ0) is 39.3. The molecule has 0 aliphatic rings. The van der Waals surface area contributed by atoms with Crippen molar-refractivity contribution >= 4 is 54.3 Å². The first-order chi connectivity index (χ1) is 27.6. The average molecular weight is 631 g/mol. The number of fused-ring (bicyclic) bond motifs is 6. The van der Waals surface area contributed by atoms with Crippen LogP contribution in [0.1, 0.15) is 11.0 Å². The molecule has 0 radical (unpaired) electrons. The molecule has 228 valence electrons. The fourth-order valence-electron chi connectivity index (χ4n) is 7.17. The van der Waals surface area contributed by atoms with Gasteiger partial charge in [-0.2, -0.15) is 0 Å². The summed E-state index contributed by atoms with van der Waals surface area (Å²) in [5.41, 5.74) is 4.67. The molecule has 1 nitrogen and oxygen atoms in total. The summed E-state index contributed by atoms with van der Waals surface area (Å²) < 4.78 is 78.5. The van der Waals surface area contributed by atoms with Gasteiger partial charge in [-0.1, -0.05) is 139 Å². The maximum absolute atomic E-state index is 9.84. The van der Waals surface area contributed by atoms with Gasteiger partial charge in [-0.25, -0.2) is 0 Å². The summed E-state index contributed by atoms with van der Waals surface area (Å²) in [4.78, 5) is 0. The van der Waals surface area contributed by atoms with Gasteiger partial charge in [0.1, 0.15) is 11.2 Å². The Labute approximate surface area is 295 Å². The predicted octanol–water partition coefficient (Wildman–Crippen LogP) is 13.7. The minimum absolute atomic E-state index is 0.0612. The Bertz CT molecular complexity index is 3250. The molecule has 0 bridgehead atoms. The fourth-order valence-corrected chi connectivity index (χ4v) is 7.17. The third-order valence-electron chi connectivity index (χ3n) is 9.37. The quantitative estimate of drug-likeness (QED) is 0.176. The standard InChI is InChI=1S/C48H30O/c1-3-13-31(14-4-1)36-25-37(32-15-5-2-6-16-32)27-38(26-36)48-41-21-11-9-19-39(41)47(40-20-10-12-22-42(40)48)35-23-24-45-43(29-35)44-28-33-17-7-8-18-34(33)30-46(44)49-45/h1-30H/i1D,3D,4D,13D,14D,25D,26D,27D. The van der Waals surface area contributed by atoms with Crippen molar-refractivity contribution in [3.8, 4) is 44.5 Å². The highest BCUT2D eigenvalue weighted by molar-refractivity contribution is 6.22. The topological polar surface area (TPSA) is 13.1 Å². The summed E-state index contributed by atoms with van der Waals surface area (Å²) >= 11 is 0. The van der Waals surface area contributed by atoms with Crippen molar-refractivity contribution < 1.29 is 15.4 Å². The number of hydrogen-bond donors (Lipinski definition) is 0. The number of rotatable bonds is 4. The number of hydrogen-bond acceptors (Lipinski definition) is 1. The van der Waals surface area contributed by atoms with E-state index in [1.165, 1.54) is 0 Å². The Hall–Kier alpha value is -6.44. The average Bonchev–Trinajstić information content (AvgIpc) is 3.59. The first kappa shape index (κ1) is 20.7. The molecule has 9 aromatic carbocycles. The second-order valence-electron chi connectivity index (χ2n) is 12.2. The lowest BCUT2D eigenvalue weighted by molar-refractivity contribution is 0.669. The largest absolute Gasteiger partial charge is 0.456 e. The van der Waals surface area contributed by atoms with Crippen LogP contribution in [0.15, 0.2) is 186 Å². The van der Waals surface area contributed by atoms with E-state index in [1.807, 2.05) is 72.8 Å². The maximum Gasteiger partial charge on any atom is 0.136 e. The summed E-state index contributed by atoms with van der Waals surface area (Å²) in [6.45, 7) is 0. The van der Waals surface area contributed by atoms with E-state index in [2.05, 4.69) is 36.4 Å². The molecule has 49 heavy (non-hydrogen) atoms. The minimum atomic E-state index is -0.560. The summed E-state index contributed by atoms with van der Waals surface area (Å²) in [5.74, 6) is 0. The van der Waals surface area contributed by atoms with Gasteiger partial charge < -0.3 is 4.42 Å². The van der Waals surface area contributed by atoms with Gasteiger partial charge in [0.15, 0.2) is 0 Å². The highest BCUT2D eigenvalue weighted by Gasteiger charge is 2.19. The number of furan rings is 1. The lowest BCUT2D eigenvalue weighted by Gasteiger charge is -2.19. The molecule has 10 rings (SSSR count). The molecule has 0 aliphatic heterocycles. The van der Waals surface area contributed by atoms with Crippen molar-refractivity contribution in [2.45, 2.75) is 0 Å². The lowest BCUT2D eigenvalue weighted by atomic mass is 9.84. The molecule has 0 aliphatic carbocycles. The van der Waals surface area contributed by atoms with E-state index in [-0.39, 0.29) is 40.4 Å². The molecule has 0 amide bonds. The van der Waals surface area contributed by atoms with Gasteiger partial charge in [-0.15, -0.1) is 0 Å². The van der Waals surface area contributed by atoms with E-state index < -0.39 is 30.2 Å². The van der Waals surface area contributed by atoms with Crippen LogP contribution < -0.4 is 0 Å². The van der Waals surface area contributed by atoms with Gasteiger partial charge in [0.05, 0.1) is 11.0 Å². The third kappa shape index (κ3) is 4.55. The molecule has 1 aromatic heterocycles. The van der Waals surface area contributed by atoms with Gasteiger partial charge >= 0.3 is 0 Å². The van der Waals surface area contributed by atoms with Crippen LogP contribution in [0.4, 0.5) is 0 Å². The zero-order valence-electron chi connectivity index (χ0n) is 34.1. The molecule has 0 N–H and O–H groups in total. The molecule has 1 heterocycles. The van der Waals surface area contributed by atoms with E-state index in [0.717, 1.165) is 65.4 Å². The monoisotopic (exact) mass is 630 g/mol. The molecular formula is C48H30O. The molecular weight excluding hydrogens is 593 g/mol. The van der Waals surface area contributed by atoms with Crippen molar-refractivity contribution in [3.05, 3.63) is 182 Å². The van der Waals surface area contributed by atoms with Crippen LogP contribution in [0.3, 0.4) is 0 Å². The minimum Gasteiger partial charge on any atom is -0.456 e. The molecule has 0 atom stereocenters. The van der Waals surface area contributed by atoms with Crippen LogP contribution in [0.25, 0.3) is 98.8 Å². The van der Waals surface area contributed by atoms with Gasteiger partial charge in [-0.3, -0.25) is 0 Å². The highest BCUT2D eigenvalue weighted by atomic mass is 16.3. The molecule has 0 unspecified atom stereocenters. The summed E-state index contributed by atoms with van der Waals surface area (Å²) in [6.07, 6.45) is 0. The third-order valence-corrected chi connectivity index (χ3v) is 9.37. The van der Waals surface area contributed by atoms with Crippen LogP contribution in [-0.4, -0.2) is 0 Å². The van der Waals surface area contributed by atoms with E-state index in [4.69, 9.17) is 11.3 Å². The Kier molecular flexibility index (Phi) is 4.69. The summed E-state index contributed by atoms with van der Waals surface area (Å²) in [7, 11) is 0. The zero-order valence-corrected chi connectivity index (χ0v) is 26.1.